The van der Waals surface area contributed by atoms with E-state index < -0.39 is 11.7 Å². The number of hydrogen-bond donors (Lipinski definition) is 2. The van der Waals surface area contributed by atoms with Gasteiger partial charge in [-0.2, -0.15) is 15.4 Å². The highest BCUT2D eigenvalue weighted by Gasteiger charge is 2.45. The predicted molar refractivity (Wildman–Crippen MR) is 82.8 cm³/mol. The average Bonchev–Trinajstić information content (AvgIpc) is 2.94. The summed E-state index contributed by atoms with van der Waals surface area (Å²) in [5, 5.41) is 21.9. The third-order valence-corrected chi connectivity index (χ3v) is 4.93. The number of likely N-dealkylation sites (tertiary alicyclic amines) is 1. The van der Waals surface area contributed by atoms with Crippen LogP contribution in [-0.4, -0.2) is 50.2 Å². The van der Waals surface area contributed by atoms with E-state index in [2.05, 4.69) is 20.3 Å². The maximum absolute atomic E-state index is 10.9. The van der Waals surface area contributed by atoms with Crippen molar-refractivity contribution in [1.29, 1.82) is 0 Å². The summed E-state index contributed by atoms with van der Waals surface area (Å²) >= 11 is 0. The highest BCUT2D eigenvalue weighted by molar-refractivity contribution is 5.77. The zero-order valence-electron chi connectivity index (χ0n) is 13.0. The lowest BCUT2D eigenvalue weighted by Crippen LogP contribution is -2.54. The number of aromatic amines is 1. The van der Waals surface area contributed by atoms with Crippen LogP contribution in [0, 0.1) is 0 Å². The molecule has 1 fully saturated rings. The van der Waals surface area contributed by atoms with Crippen LogP contribution in [0.25, 0.3) is 11.0 Å². The third kappa shape index (κ3) is 2.09. The average molecular weight is 302 g/mol. The number of ether oxygens (including phenoxy) is 1. The lowest BCUT2D eigenvalue weighted by Gasteiger charge is -2.47. The Morgan fingerprint density at radius 3 is 2.59 bits per heavy atom. The van der Waals surface area contributed by atoms with Crippen molar-refractivity contribution in [2.24, 2.45) is 0 Å². The minimum Gasteiger partial charge on any atom is -0.485 e. The van der Waals surface area contributed by atoms with Gasteiger partial charge in [0.25, 0.3) is 0 Å². The van der Waals surface area contributed by atoms with E-state index in [9.17, 15) is 5.11 Å². The highest BCUT2D eigenvalue weighted by Crippen LogP contribution is 2.44. The molecule has 2 atom stereocenters. The van der Waals surface area contributed by atoms with Crippen molar-refractivity contribution >= 4 is 11.0 Å². The van der Waals surface area contributed by atoms with Gasteiger partial charge < -0.3 is 9.84 Å². The van der Waals surface area contributed by atoms with Gasteiger partial charge in [0, 0.05) is 11.6 Å². The first-order valence-electron chi connectivity index (χ1n) is 8.02. The molecule has 0 bridgehead atoms. The van der Waals surface area contributed by atoms with Gasteiger partial charge in [-0.3, -0.25) is 4.90 Å². The van der Waals surface area contributed by atoms with Crippen LogP contribution in [0.3, 0.4) is 0 Å². The molecule has 1 aromatic heterocycles. The summed E-state index contributed by atoms with van der Waals surface area (Å²) in [6.07, 6.45) is 3.08. The van der Waals surface area contributed by atoms with Crippen LogP contribution in [0.5, 0.6) is 5.75 Å². The number of benzene rings is 1. The Morgan fingerprint density at radius 2 is 1.86 bits per heavy atom. The number of fused-ring (bicyclic) bond motifs is 2. The van der Waals surface area contributed by atoms with Crippen molar-refractivity contribution in [3.05, 3.63) is 17.7 Å². The van der Waals surface area contributed by atoms with Crippen LogP contribution in [0.2, 0.25) is 0 Å². The van der Waals surface area contributed by atoms with Gasteiger partial charge >= 0.3 is 0 Å². The summed E-state index contributed by atoms with van der Waals surface area (Å²) < 4.78 is 6.07. The fraction of sp³-hybridized carbons (Fsp3) is 0.625. The molecular formula is C16H22N4O2. The molecule has 6 heteroatoms. The predicted octanol–water partition coefficient (Wildman–Crippen LogP) is 2.02. The Balaban J connectivity index is 1.84. The molecule has 118 valence electrons. The van der Waals surface area contributed by atoms with E-state index in [-0.39, 0.29) is 6.04 Å². The molecule has 2 aromatic rings. The molecule has 1 aromatic carbocycles. The molecule has 6 nitrogen and oxygen atoms in total. The van der Waals surface area contributed by atoms with E-state index in [1.165, 1.54) is 19.3 Å². The van der Waals surface area contributed by atoms with Crippen LogP contribution in [0.15, 0.2) is 12.1 Å². The fourth-order valence-corrected chi connectivity index (χ4v) is 3.69. The van der Waals surface area contributed by atoms with E-state index >= 15 is 0 Å². The molecule has 1 saturated heterocycles. The van der Waals surface area contributed by atoms with Gasteiger partial charge in [0.15, 0.2) is 0 Å². The summed E-state index contributed by atoms with van der Waals surface area (Å²) in [6.45, 7) is 5.94. The second kappa shape index (κ2) is 4.93. The van der Waals surface area contributed by atoms with Crippen LogP contribution in [-0.2, 0) is 0 Å². The molecule has 3 heterocycles. The topological polar surface area (TPSA) is 74.3 Å². The largest absolute Gasteiger partial charge is 0.485 e. The standard InChI is InChI=1S/C16H22N4O2/c1-16(2)15(21)14(20-6-4-3-5-7-20)10-8-11-12(18-19-17-11)9-13(10)22-16/h8-9,14-15,21H,3-7H2,1-2H3,(H,17,18,19). The van der Waals surface area contributed by atoms with Gasteiger partial charge in [0.05, 0.1) is 6.04 Å². The van der Waals surface area contributed by atoms with Gasteiger partial charge in [0.2, 0.25) is 0 Å². The van der Waals surface area contributed by atoms with Crippen molar-refractivity contribution in [1.82, 2.24) is 20.3 Å². The summed E-state index contributed by atoms with van der Waals surface area (Å²) in [5.41, 5.74) is 2.02. The van der Waals surface area contributed by atoms with Crippen LogP contribution in [0.1, 0.15) is 44.7 Å². The van der Waals surface area contributed by atoms with Crippen molar-refractivity contribution < 1.29 is 9.84 Å². The van der Waals surface area contributed by atoms with E-state index in [1.54, 1.807) is 0 Å². The van der Waals surface area contributed by atoms with Crippen molar-refractivity contribution in [2.45, 2.75) is 50.9 Å². The number of aliphatic hydroxyl groups is 1. The molecule has 0 saturated carbocycles. The minimum absolute atomic E-state index is 0.0415. The molecule has 4 rings (SSSR count). The summed E-state index contributed by atoms with van der Waals surface area (Å²) in [6, 6.07) is 3.89. The zero-order valence-corrected chi connectivity index (χ0v) is 13.0. The number of piperidine rings is 1. The van der Waals surface area contributed by atoms with Crippen LogP contribution >= 0.6 is 0 Å². The molecule has 2 aliphatic heterocycles. The van der Waals surface area contributed by atoms with Crippen molar-refractivity contribution in [3.63, 3.8) is 0 Å². The monoisotopic (exact) mass is 302 g/mol. The molecule has 22 heavy (non-hydrogen) atoms. The summed E-state index contributed by atoms with van der Waals surface area (Å²) in [5.74, 6) is 0.812. The molecule has 2 aliphatic rings. The quantitative estimate of drug-likeness (QED) is 0.843. The van der Waals surface area contributed by atoms with E-state index in [4.69, 9.17) is 4.74 Å². The normalized spacial score (nSPS) is 28.3. The number of hydrogen-bond acceptors (Lipinski definition) is 5. The first-order chi connectivity index (χ1) is 10.6. The number of rotatable bonds is 1. The van der Waals surface area contributed by atoms with Crippen molar-refractivity contribution in [2.75, 3.05) is 13.1 Å². The first kappa shape index (κ1) is 14.0. The Bertz CT molecular complexity index is 691. The maximum Gasteiger partial charge on any atom is 0.131 e. The smallest absolute Gasteiger partial charge is 0.131 e. The van der Waals surface area contributed by atoms with E-state index in [0.29, 0.717) is 0 Å². The van der Waals surface area contributed by atoms with Gasteiger partial charge in [-0.25, -0.2) is 0 Å². The lowest BCUT2D eigenvalue weighted by molar-refractivity contribution is -0.0960. The van der Waals surface area contributed by atoms with Crippen LogP contribution in [0.4, 0.5) is 0 Å². The number of aliphatic hydroxyl groups excluding tert-OH is 1. The number of nitrogens with zero attached hydrogens (tertiary/aromatic N) is 3. The molecule has 2 unspecified atom stereocenters. The maximum atomic E-state index is 10.9. The Hall–Kier alpha value is -1.66. The lowest BCUT2D eigenvalue weighted by atomic mass is 9.84. The second-order valence-electron chi connectivity index (χ2n) is 6.89. The minimum atomic E-state index is -0.619. The van der Waals surface area contributed by atoms with E-state index in [0.717, 1.165) is 35.4 Å². The first-order valence-corrected chi connectivity index (χ1v) is 8.02. The summed E-state index contributed by atoms with van der Waals surface area (Å²) in [7, 11) is 0. The SMILES string of the molecule is CC1(C)Oc2cc3n[nH]nc3cc2C(N2CCCCC2)C1O. The van der Waals surface area contributed by atoms with E-state index in [1.807, 2.05) is 26.0 Å². The van der Waals surface area contributed by atoms with Gasteiger partial charge in [-0.15, -0.1) is 0 Å². The molecule has 0 aliphatic carbocycles. The molecule has 0 amide bonds. The zero-order chi connectivity index (χ0) is 15.3. The van der Waals surface area contributed by atoms with Crippen molar-refractivity contribution in [3.8, 4) is 5.75 Å². The Labute approximate surface area is 129 Å². The molecule has 0 radical (unpaired) electrons. The van der Waals surface area contributed by atoms with Gasteiger partial charge in [0.1, 0.15) is 28.5 Å². The number of nitrogens with one attached hydrogen (secondary N) is 1. The molecule has 2 N–H and O–H groups in total. The van der Waals surface area contributed by atoms with Gasteiger partial charge in [-0.1, -0.05) is 6.42 Å². The second-order valence-corrected chi connectivity index (χ2v) is 6.89. The molecular weight excluding hydrogens is 280 g/mol. The highest BCUT2D eigenvalue weighted by atomic mass is 16.5. The third-order valence-electron chi connectivity index (χ3n) is 4.93. The van der Waals surface area contributed by atoms with Gasteiger partial charge in [-0.05, 0) is 45.8 Å². The number of aromatic nitrogens is 3. The Kier molecular flexibility index (Phi) is 3.13. The summed E-state index contributed by atoms with van der Waals surface area (Å²) in [4.78, 5) is 2.39. The number of H-pyrrole nitrogens is 1. The van der Waals surface area contributed by atoms with Crippen LogP contribution < -0.4 is 4.74 Å². The Morgan fingerprint density at radius 1 is 1.18 bits per heavy atom. The fourth-order valence-electron chi connectivity index (χ4n) is 3.69. The molecule has 0 spiro atoms.